The van der Waals surface area contributed by atoms with Crippen LogP contribution in [0.5, 0.6) is 17.2 Å². The maximum Gasteiger partial charge on any atom is 0.276 e. The molecule has 104 valence electrons. The highest BCUT2D eigenvalue weighted by Crippen LogP contribution is 2.33. The van der Waals surface area contributed by atoms with Crippen LogP contribution >= 0.6 is 0 Å². The highest BCUT2D eigenvalue weighted by molar-refractivity contribution is 5.47. The lowest BCUT2D eigenvalue weighted by Gasteiger charge is -2.11. The number of hydrogen-bond acceptors (Lipinski definition) is 4. The van der Waals surface area contributed by atoms with Crippen LogP contribution < -0.4 is 9.47 Å². The van der Waals surface area contributed by atoms with E-state index >= 15 is 0 Å². The van der Waals surface area contributed by atoms with E-state index in [0.29, 0.717) is 11.5 Å². The highest BCUT2D eigenvalue weighted by atomic mass is 19.1. The van der Waals surface area contributed by atoms with Crippen LogP contribution in [-0.4, -0.2) is 12.0 Å². The van der Waals surface area contributed by atoms with Gasteiger partial charge in [0.05, 0.1) is 24.2 Å². The Balaban J connectivity index is 2.37. The van der Waals surface area contributed by atoms with Gasteiger partial charge < -0.3 is 9.47 Å². The minimum absolute atomic E-state index is 0.0406. The third kappa shape index (κ3) is 3.03. The summed E-state index contributed by atoms with van der Waals surface area (Å²) in [4.78, 5) is 10.0. The number of non-ortho nitro benzene ring substituents is 1. The molecule has 0 radical (unpaired) electrons. The van der Waals surface area contributed by atoms with Crippen LogP contribution in [0.2, 0.25) is 0 Å². The van der Waals surface area contributed by atoms with Gasteiger partial charge in [-0.05, 0) is 24.6 Å². The molecule has 0 atom stereocenters. The molecule has 0 aliphatic carbocycles. The number of nitro groups is 1. The normalized spacial score (nSPS) is 10.2. The van der Waals surface area contributed by atoms with Crippen LogP contribution in [0.25, 0.3) is 0 Å². The van der Waals surface area contributed by atoms with Crippen molar-refractivity contribution in [1.82, 2.24) is 0 Å². The molecule has 0 spiro atoms. The summed E-state index contributed by atoms with van der Waals surface area (Å²) in [6.07, 6.45) is 0. The van der Waals surface area contributed by atoms with Gasteiger partial charge in [-0.3, -0.25) is 10.1 Å². The molecule has 5 nitrogen and oxygen atoms in total. The molecule has 2 aromatic carbocycles. The van der Waals surface area contributed by atoms with Gasteiger partial charge in [-0.1, -0.05) is 6.07 Å². The number of aryl methyl sites for hydroxylation is 1. The third-order valence-corrected chi connectivity index (χ3v) is 2.61. The maximum absolute atomic E-state index is 13.3. The number of methoxy groups -OCH3 is 1. The van der Waals surface area contributed by atoms with Crippen LogP contribution in [0, 0.1) is 22.9 Å². The van der Waals surface area contributed by atoms with E-state index in [1.54, 1.807) is 18.2 Å². The molecule has 2 aromatic rings. The average molecular weight is 277 g/mol. The summed E-state index contributed by atoms with van der Waals surface area (Å²) < 4.78 is 23.9. The van der Waals surface area contributed by atoms with Crippen molar-refractivity contribution in [1.29, 1.82) is 0 Å². The van der Waals surface area contributed by atoms with Gasteiger partial charge in [-0.15, -0.1) is 0 Å². The van der Waals surface area contributed by atoms with Crippen molar-refractivity contribution in [3.8, 4) is 17.2 Å². The Morgan fingerprint density at radius 2 is 1.90 bits per heavy atom. The second-order valence-corrected chi connectivity index (χ2v) is 4.16. The van der Waals surface area contributed by atoms with Crippen LogP contribution in [0.1, 0.15) is 5.56 Å². The summed E-state index contributed by atoms with van der Waals surface area (Å²) in [5.74, 6) is 0.133. The van der Waals surface area contributed by atoms with E-state index in [9.17, 15) is 14.5 Å². The molecule has 0 fully saturated rings. The standard InChI is InChI=1S/C14H12FNO4/c1-9-3-4-13(14(5-9)19-2)20-12-7-10(15)6-11(8-12)16(17)18/h3-8H,1-2H3. The van der Waals surface area contributed by atoms with Crippen molar-refractivity contribution in [3.05, 3.63) is 57.9 Å². The van der Waals surface area contributed by atoms with Crippen LogP contribution in [0.15, 0.2) is 36.4 Å². The lowest BCUT2D eigenvalue weighted by atomic mass is 10.2. The first-order valence-corrected chi connectivity index (χ1v) is 5.77. The molecular formula is C14H12FNO4. The molecule has 20 heavy (non-hydrogen) atoms. The van der Waals surface area contributed by atoms with Crippen molar-refractivity contribution in [2.45, 2.75) is 6.92 Å². The predicted molar refractivity (Wildman–Crippen MR) is 70.9 cm³/mol. The van der Waals surface area contributed by atoms with Gasteiger partial charge in [0.15, 0.2) is 11.5 Å². The van der Waals surface area contributed by atoms with Crippen molar-refractivity contribution in [3.63, 3.8) is 0 Å². The quantitative estimate of drug-likeness (QED) is 0.629. The number of halogens is 1. The van der Waals surface area contributed by atoms with Crippen molar-refractivity contribution >= 4 is 5.69 Å². The smallest absolute Gasteiger partial charge is 0.276 e. The minimum Gasteiger partial charge on any atom is -0.493 e. The maximum atomic E-state index is 13.3. The summed E-state index contributed by atoms with van der Waals surface area (Å²) in [7, 11) is 1.48. The van der Waals surface area contributed by atoms with Crippen LogP contribution in [-0.2, 0) is 0 Å². The number of ether oxygens (including phenoxy) is 2. The first-order chi connectivity index (χ1) is 9.49. The molecule has 0 bridgehead atoms. The Hall–Kier alpha value is -2.63. The number of rotatable bonds is 4. The molecule has 0 aromatic heterocycles. The number of benzene rings is 2. The Morgan fingerprint density at radius 1 is 1.15 bits per heavy atom. The second kappa shape index (κ2) is 5.56. The number of nitrogens with zero attached hydrogens (tertiary/aromatic N) is 1. The zero-order valence-electron chi connectivity index (χ0n) is 10.9. The van der Waals surface area contributed by atoms with E-state index < -0.39 is 10.7 Å². The fraction of sp³-hybridized carbons (Fsp3) is 0.143. The van der Waals surface area contributed by atoms with E-state index in [1.807, 2.05) is 6.92 Å². The summed E-state index contributed by atoms with van der Waals surface area (Å²) in [5, 5.41) is 10.7. The summed E-state index contributed by atoms with van der Waals surface area (Å²) in [6, 6.07) is 8.27. The topological polar surface area (TPSA) is 61.6 Å². The molecule has 2 rings (SSSR count). The van der Waals surface area contributed by atoms with E-state index in [0.717, 1.165) is 23.8 Å². The first-order valence-electron chi connectivity index (χ1n) is 5.77. The highest BCUT2D eigenvalue weighted by Gasteiger charge is 2.13. The summed E-state index contributed by atoms with van der Waals surface area (Å²) in [6.45, 7) is 1.89. The summed E-state index contributed by atoms with van der Waals surface area (Å²) >= 11 is 0. The predicted octanol–water partition coefficient (Wildman–Crippen LogP) is 3.84. The van der Waals surface area contributed by atoms with Crippen LogP contribution in [0.3, 0.4) is 0 Å². The lowest BCUT2D eigenvalue weighted by Crippen LogP contribution is -1.94. The molecular weight excluding hydrogens is 265 g/mol. The van der Waals surface area contributed by atoms with Gasteiger partial charge in [-0.25, -0.2) is 4.39 Å². The van der Waals surface area contributed by atoms with Gasteiger partial charge in [-0.2, -0.15) is 0 Å². The second-order valence-electron chi connectivity index (χ2n) is 4.16. The average Bonchev–Trinajstić information content (AvgIpc) is 2.40. The Kier molecular flexibility index (Phi) is 3.84. The zero-order valence-corrected chi connectivity index (χ0v) is 10.9. The molecule has 0 unspecified atom stereocenters. The minimum atomic E-state index is -0.736. The zero-order chi connectivity index (χ0) is 14.7. The Labute approximate surface area is 114 Å². The number of hydrogen-bond donors (Lipinski definition) is 0. The molecule has 0 saturated carbocycles. The molecule has 0 aliphatic heterocycles. The first kappa shape index (κ1) is 13.8. The van der Waals surface area contributed by atoms with E-state index in [-0.39, 0.29) is 11.4 Å². The van der Waals surface area contributed by atoms with Crippen molar-refractivity contribution < 1.29 is 18.8 Å². The lowest BCUT2D eigenvalue weighted by molar-refractivity contribution is -0.385. The van der Waals surface area contributed by atoms with Crippen LogP contribution in [0.4, 0.5) is 10.1 Å². The molecule has 0 aliphatic rings. The van der Waals surface area contributed by atoms with Crippen molar-refractivity contribution in [2.24, 2.45) is 0 Å². The van der Waals surface area contributed by atoms with E-state index in [1.165, 1.54) is 7.11 Å². The molecule has 0 N–H and O–H groups in total. The van der Waals surface area contributed by atoms with Gasteiger partial charge in [0, 0.05) is 6.07 Å². The number of nitro benzene ring substituents is 1. The Morgan fingerprint density at radius 3 is 2.55 bits per heavy atom. The fourth-order valence-electron chi connectivity index (χ4n) is 1.70. The Bertz CT molecular complexity index is 658. The molecule has 6 heteroatoms. The van der Waals surface area contributed by atoms with Gasteiger partial charge in [0.2, 0.25) is 0 Å². The van der Waals surface area contributed by atoms with Gasteiger partial charge >= 0.3 is 0 Å². The van der Waals surface area contributed by atoms with Crippen molar-refractivity contribution in [2.75, 3.05) is 7.11 Å². The fourth-order valence-corrected chi connectivity index (χ4v) is 1.70. The third-order valence-electron chi connectivity index (χ3n) is 2.61. The van der Waals surface area contributed by atoms with Gasteiger partial charge in [0.25, 0.3) is 5.69 Å². The summed E-state index contributed by atoms with van der Waals surface area (Å²) in [5.41, 5.74) is 0.602. The molecule has 0 amide bonds. The van der Waals surface area contributed by atoms with E-state index in [4.69, 9.17) is 9.47 Å². The van der Waals surface area contributed by atoms with E-state index in [2.05, 4.69) is 0 Å². The van der Waals surface area contributed by atoms with Gasteiger partial charge in [0.1, 0.15) is 11.6 Å². The monoisotopic (exact) mass is 277 g/mol. The largest absolute Gasteiger partial charge is 0.493 e. The molecule has 0 saturated heterocycles. The molecule has 0 heterocycles. The SMILES string of the molecule is COc1cc(C)ccc1Oc1cc(F)cc([N+](=O)[O-])c1.